The Morgan fingerprint density at radius 2 is 2.00 bits per heavy atom. The Hall–Kier alpha value is -2.71. The maximum absolute atomic E-state index is 12.5. The molecule has 8 heteroatoms. The molecule has 1 aliphatic heterocycles. The summed E-state index contributed by atoms with van der Waals surface area (Å²) >= 11 is 0. The van der Waals surface area contributed by atoms with Crippen molar-refractivity contribution in [3.8, 4) is 11.5 Å². The summed E-state index contributed by atoms with van der Waals surface area (Å²) in [6.07, 6.45) is -0.0634. The van der Waals surface area contributed by atoms with E-state index in [1.165, 1.54) is 18.7 Å². The molecule has 0 aliphatic carbocycles. The number of nitrogens with one attached hydrogen (secondary N) is 1. The van der Waals surface area contributed by atoms with Crippen molar-refractivity contribution in [2.75, 3.05) is 33.4 Å². The molecule has 1 heterocycles. The quantitative estimate of drug-likeness (QED) is 0.676. The minimum absolute atomic E-state index is 0.0245. The van der Waals surface area contributed by atoms with Crippen molar-refractivity contribution < 1.29 is 27.8 Å². The van der Waals surface area contributed by atoms with Crippen LogP contribution in [0.3, 0.4) is 0 Å². The van der Waals surface area contributed by atoms with E-state index in [4.69, 9.17) is 9.47 Å². The van der Waals surface area contributed by atoms with Crippen LogP contribution in [-0.2, 0) is 22.5 Å². The van der Waals surface area contributed by atoms with E-state index in [1.54, 1.807) is 12.1 Å². The highest BCUT2D eigenvalue weighted by molar-refractivity contribution is 5.81. The zero-order chi connectivity index (χ0) is 21.3. The molecule has 1 atom stereocenters. The number of hydrogen-bond donors (Lipinski definition) is 1. The number of hydrogen-bond acceptors (Lipinski definition) is 5. The normalized spacial score (nSPS) is 17.0. The van der Waals surface area contributed by atoms with Gasteiger partial charge in [0.2, 0.25) is 5.91 Å². The first-order valence-corrected chi connectivity index (χ1v) is 9.82. The first kappa shape index (κ1) is 22.0. The van der Waals surface area contributed by atoms with Gasteiger partial charge in [0, 0.05) is 26.2 Å². The summed E-state index contributed by atoms with van der Waals surface area (Å²) in [7, 11) is 1.39. The zero-order valence-corrected chi connectivity index (χ0v) is 16.9. The lowest BCUT2D eigenvalue weighted by atomic mass is 10.1. The van der Waals surface area contributed by atoms with E-state index < -0.39 is 12.7 Å². The summed E-state index contributed by atoms with van der Waals surface area (Å²) in [5, 5.41) is 2.86. The van der Waals surface area contributed by atoms with Gasteiger partial charge in [0.25, 0.3) is 0 Å². The summed E-state index contributed by atoms with van der Waals surface area (Å²) < 4.78 is 40.2. The summed E-state index contributed by atoms with van der Waals surface area (Å²) in [5.41, 5.74) is 1.95. The van der Waals surface area contributed by atoms with E-state index >= 15 is 0 Å². The molecule has 162 valence electrons. The summed E-state index contributed by atoms with van der Waals surface area (Å²) in [4.78, 5) is 14.7. The molecule has 0 spiro atoms. The SMILES string of the molecule is COc1ccc(CCNC(=O)C2CN(Cc3ccccc3)CCO2)cc1OC(F)F. The molecule has 0 bridgehead atoms. The van der Waals surface area contributed by atoms with E-state index in [0.717, 1.165) is 18.7 Å². The highest BCUT2D eigenvalue weighted by Crippen LogP contribution is 2.29. The molecule has 1 fully saturated rings. The van der Waals surface area contributed by atoms with Gasteiger partial charge in [-0.15, -0.1) is 0 Å². The minimum atomic E-state index is -2.93. The van der Waals surface area contributed by atoms with Crippen LogP contribution in [-0.4, -0.2) is 56.9 Å². The van der Waals surface area contributed by atoms with Gasteiger partial charge in [-0.3, -0.25) is 9.69 Å². The molecule has 2 aromatic rings. The van der Waals surface area contributed by atoms with Crippen molar-refractivity contribution in [3.63, 3.8) is 0 Å². The van der Waals surface area contributed by atoms with Crippen LogP contribution in [0.2, 0.25) is 0 Å². The van der Waals surface area contributed by atoms with Crippen LogP contribution in [0.5, 0.6) is 11.5 Å². The number of amides is 1. The number of morpholine rings is 1. The van der Waals surface area contributed by atoms with E-state index in [-0.39, 0.29) is 17.4 Å². The molecule has 6 nitrogen and oxygen atoms in total. The van der Waals surface area contributed by atoms with Gasteiger partial charge in [-0.1, -0.05) is 36.4 Å². The monoisotopic (exact) mass is 420 g/mol. The number of halogens is 2. The summed E-state index contributed by atoms with van der Waals surface area (Å²) in [6, 6.07) is 14.9. The third-order valence-corrected chi connectivity index (χ3v) is 4.85. The van der Waals surface area contributed by atoms with E-state index in [0.29, 0.717) is 26.1 Å². The van der Waals surface area contributed by atoms with E-state index in [2.05, 4.69) is 27.1 Å². The van der Waals surface area contributed by atoms with Gasteiger partial charge in [0.1, 0.15) is 6.10 Å². The van der Waals surface area contributed by atoms with Gasteiger partial charge < -0.3 is 19.5 Å². The standard InChI is InChI=1S/C22H26F2N2O4/c1-28-18-8-7-16(13-19(18)30-22(23)24)9-10-25-21(27)20-15-26(11-12-29-20)14-17-5-3-2-4-6-17/h2-8,13,20,22H,9-12,14-15H2,1H3,(H,25,27). The van der Waals surface area contributed by atoms with Crippen LogP contribution in [0.4, 0.5) is 8.78 Å². The Kier molecular flexibility index (Phi) is 7.98. The van der Waals surface area contributed by atoms with Crippen LogP contribution in [0, 0.1) is 0 Å². The number of benzene rings is 2. The number of ether oxygens (including phenoxy) is 3. The lowest BCUT2D eigenvalue weighted by molar-refractivity contribution is -0.138. The molecule has 30 heavy (non-hydrogen) atoms. The fourth-order valence-electron chi connectivity index (χ4n) is 3.35. The zero-order valence-electron chi connectivity index (χ0n) is 16.9. The second-order valence-corrected chi connectivity index (χ2v) is 6.98. The second-order valence-electron chi connectivity index (χ2n) is 6.98. The predicted octanol–water partition coefficient (Wildman–Crippen LogP) is 2.86. The third kappa shape index (κ3) is 6.40. The molecule has 1 unspecified atom stereocenters. The number of methoxy groups -OCH3 is 1. The molecule has 1 amide bonds. The van der Waals surface area contributed by atoms with Crippen molar-refractivity contribution in [3.05, 3.63) is 59.7 Å². The first-order chi connectivity index (χ1) is 14.5. The Morgan fingerprint density at radius 3 is 2.73 bits per heavy atom. The Morgan fingerprint density at radius 1 is 1.20 bits per heavy atom. The van der Waals surface area contributed by atoms with Crippen LogP contribution >= 0.6 is 0 Å². The fraction of sp³-hybridized carbons (Fsp3) is 0.409. The molecular formula is C22H26F2N2O4. The van der Waals surface area contributed by atoms with Gasteiger partial charge in [0.15, 0.2) is 11.5 Å². The molecule has 0 aromatic heterocycles. The summed E-state index contributed by atoms with van der Waals surface area (Å²) in [6.45, 7) is -0.00817. The van der Waals surface area contributed by atoms with Crippen molar-refractivity contribution in [1.29, 1.82) is 0 Å². The molecular weight excluding hydrogens is 394 g/mol. The van der Waals surface area contributed by atoms with Crippen LogP contribution in [0.15, 0.2) is 48.5 Å². The Bertz CT molecular complexity index is 820. The molecule has 1 N–H and O–H groups in total. The first-order valence-electron chi connectivity index (χ1n) is 9.82. The lowest BCUT2D eigenvalue weighted by Crippen LogP contribution is -2.49. The molecule has 2 aromatic carbocycles. The van der Waals surface area contributed by atoms with Gasteiger partial charge in [-0.05, 0) is 29.7 Å². The highest BCUT2D eigenvalue weighted by Gasteiger charge is 2.26. The molecule has 0 radical (unpaired) electrons. The number of rotatable bonds is 9. The predicted molar refractivity (Wildman–Crippen MR) is 108 cm³/mol. The van der Waals surface area contributed by atoms with Crippen LogP contribution < -0.4 is 14.8 Å². The maximum atomic E-state index is 12.5. The van der Waals surface area contributed by atoms with Gasteiger partial charge in [0.05, 0.1) is 13.7 Å². The van der Waals surface area contributed by atoms with Gasteiger partial charge in [-0.25, -0.2) is 0 Å². The fourth-order valence-corrected chi connectivity index (χ4v) is 3.35. The maximum Gasteiger partial charge on any atom is 0.387 e. The summed E-state index contributed by atoms with van der Waals surface area (Å²) in [5.74, 6) is 0.0334. The molecule has 3 rings (SSSR count). The van der Waals surface area contributed by atoms with Crippen molar-refractivity contribution in [2.24, 2.45) is 0 Å². The van der Waals surface area contributed by atoms with Gasteiger partial charge in [-0.2, -0.15) is 8.78 Å². The second kappa shape index (κ2) is 10.9. The average Bonchev–Trinajstić information content (AvgIpc) is 2.74. The van der Waals surface area contributed by atoms with Crippen molar-refractivity contribution >= 4 is 5.91 Å². The topological polar surface area (TPSA) is 60.0 Å². The van der Waals surface area contributed by atoms with Crippen LogP contribution in [0.25, 0.3) is 0 Å². The number of carbonyl (C=O) groups excluding carboxylic acids is 1. The average molecular weight is 420 g/mol. The molecule has 0 saturated carbocycles. The molecule has 1 aliphatic rings. The number of nitrogens with zero attached hydrogens (tertiary/aromatic N) is 1. The van der Waals surface area contributed by atoms with Crippen LogP contribution in [0.1, 0.15) is 11.1 Å². The number of alkyl halides is 2. The highest BCUT2D eigenvalue weighted by atomic mass is 19.3. The number of carbonyl (C=O) groups is 1. The van der Waals surface area contributed by atoms with E-state index in [1.807, 2.05) is 18.2 Å². The van der Waals surface area contributed by atoms with Crippen molar-refractivity contribution in [2.45, 2.75) is 25.7 Å². The van der Waals surface area contributed by atoms with Gasteiger partial charge >= 0.3 is 6.61 Å². The smallest absolute Gasteiger partial charge is 0.387 e. The van der Waals surface area contributed by atoms with Crippen molar-refractivity contribution in [1.82, 2.24) is 10.2 Å². The largest absolute Gasteiger partial charge is 0.493 e. The lowest BCUT2D eigenvalue weighted by Gasteiger charge is -2.32. The van der Waals surface area contributed by atoms with E-state index in [9.17, 15) is 13.6 Å². The minimum Gasteiger partial charge on any atom is -0.493 e. The Balaban J connectivity index is 1.48. The molecule has 1 saturated heterocycles. The third-order valence-electron chi connectivity index (χ3n) is 4.85. The Labute approximate surface area is 174 Å².